The van der Waals surface area contributed by atoms with Crippen molar-refractivity contribution in [2.24, 2.45) is 0 Å². The second-order valence-corrected chi connectivity index (χ2v) is 3.69. The Morgan fingerprint density at radius 2 is 1.24 bits per heavy atom. The van der Waals surface area contributed by atoms with Crippen molar-refractivity contribution in [1.82, 2.24) is 0 Å². The van der Waals surface area contributed by atoms with E-state index in [2.05, 4.69) is 20.0 Å². The molecule has 0 spiro atoms. The van der Waals surface area contributed by atoms with E-state index >= 15 is 0 Å². The van der Waals surface area contributed by atoms with E-state index in [4.69, 9.17) is 0 Å². The van der Waals surface area contributed by atoms with Crippen molar-refractivity contribution in [3.63, 3.8) is 0 Å². The van der Waals surface area contributed by atoms with E-state index in [0.717, 1.165) is 22.5 Å². The molecule has 2 aromatic rings. The van der Waals surface area contributed by atoms with Crippen molar-refractivity contribution in [2.75, 3.05) is 4.90 Å². The lowest BCUT2D eigenvalue weighted by molar-refractivity contribution is 1.25. The molecular weight excluding hydrogens is 208 g/mol. The monoisotopic (exact) mass is 220 g/mol. The zero-order chi connectivity index (χ0) is 12.3. The Balaban J connectivity index is 2.53. The molecule has 0 aliphatic carbocycles. The first-order valence-corrected chi connectivity index (χ1v) is 5.26. The van der Waals surface area contributed by atoms with Gasteiger partial charge in [-0.2, -0.15) is 5.26 Å². The number of hydrogen-bond donors (Lipinski definition) is 0. The topological polar surface area (TPSA) is 27.0 Å². The van der Waals surface area contributed by atoms with Gasteiger partial charge in [0.25, 0.3) is 0 Å². The fourth-order valence-corrected chi connectivity index (χ4v) is 1.70. The van der Waals surface area contributed by atoms with Crippen LogP contribution in [0.5, 0.6) is 0 Å². The molecule has 0 saturated heterocycles. The van der Waals surface area contributed by atoms with Crippen molar-refractivity contribution in [3.8, 4) is 6.19 Å². The molecule has 0 aromatic heterocycles. The summed E-state index contributed by atoms with van der Waals surface area (Å²) in [7, 11) is 0. The summed E-state index contributed by atoms with van der Waals surface area (Å²) in [6.07, 6.45) is 2.17. The van der Waals surface area contributed by atoms with E-state index in [9.17, 15) is 5.26 Å². The van der Waals surface area contributed by atoms with E-state index < -0.39 is 0 Å². The van der Waals surface area contributed by atoms with Crippen molar-refractivity contribution in [3.05, 3.63) is 73.5 Å². The quantitative estimate of drug-likeness (QED) is 0.570. The van der Waals surface area contributed by atoms with Crippen LogP contribution in [0.25, 0.3) is 0 Å². The predicted molar refractivity (Wildman–Crippen MR) is 69.6 cm³/mol. The van der Waals surface area contributed by atoms with Crippen molar-refractivity contribution in [1.29, 1.82) is 5.26 Å². The zero-order valence-corrected chi connectivity index (χ0v) is 9.43. The lowest BCUT2D eigenvalue weighted by Crippen LogP contribution is -2.11. The molecule has 0 aliphatic heterocycles. The highest BCUT2D eigenvalue weighted by molar-refractivity contribution is 5.73. The van der Waals surface area contributed by atoms with Gasteiger partial charge in [0.2, 0.25) is 0 Å². The maximum Gasteiger partial charge on any atom is 0.189 e. The van der Waals surface area contributed by atoms with Crippen molar-refractivity contribution < 1.29 is 0 Å². The van der Waals surface area contributed by atoms with Gasteiger partial charge < -0.3 is 0 Å². The van der Waals surface area contributed by atoms with Crippen molar-refractivity contribution in [2.45, 2.75) is 0 Å². The number of nitrogens with zero attached hydrogens (tertiary/aromatic N) is 2. The Morgan fingerprint density at radius 3 is 1.59 bits per heavy atom. The third-order valence-electron chi connectivity index (χ3n) is 2.57. The minimum atomic E-state index is 0.783. The molecule has 0 atom stereocenters. The predicted octanol–water partition coefficient (Wildman–Crippen LogP) is 3.67. The van der Waals surface area contributed by atoms with Crippen LogP contribution in [0.3, 0.4) is 0 Å². The van der Waals surface area contributed by atoms with Crippen LogP contribution in [0, 0.1) is 25.3 Å². The summed E-state index contributed by atoms with van der Waals surface area (Å²) in [4.78, 5) is 1.55. The fraction of sp³-hybridized carbons (Fsp3) is 0. The lowest BCUT2D eigenvalue weighted by Gasteiger charge is -2.19. The second-order valence-electron chi connectivity index (χ2n) is 3.69. The molecule has 0 saturated carbocycles. The van der Waals surface area contributed by atoms with E-state index in [1.165, 1.54) is 0 Å². The van der Waals surface area contributed by atoms with Gasteiger partial charge in [0.1, 0.15) is 0 Å². The van der Waals surface area contributed by atoms with Crippen LogP contribution in [0.2, 0.25) is 0 Å². The van der Waals surface area contributed by atoms with E-state index in [0.29, 0.717) is 0 Å². The van der Waals surface area contributed by atoms with Gasteiger partial charge in [-0.15, -0.1) is 0 Å². The van der Waals surface area contributed by atoms with Crippen LogP contribution in [-0.4, -0.2) is 0 Å². The van der Waals surface area contributed by atoms with Crippen LogP contribution in [0.15, 0.2) is 48.5 Å². The maximum absolute atomic E-state index is 9.30. The molecule has 0 amide bonds. The summed E-state index contributed by atoms with van der Waals surface area (Å²) >= 11 is 0. The summed E-state index contributed by atoms with van der Waals surface area (Å²) in [5.74, 6) is 0. The average molecular weight is 220 g/mol. The van der Waals surface area contributed by atoms with Crippen LogP contribution in [0.4, 0.5) is 11.4 Å². The Morgan fingerprint density at radius 1 is 0.824 bits per heavy atom. The highest BCUT2D eigenvalue weighted by atomic mass is 15.1. The van der Waals surface area contributed by atoms with Gasteiger partial charge >= 0.3 is 0 Å². The summed E-state index contributed by atoms with van der Waals surface area (Å²) in [6, 6.07) is 15.1. The van der Waals surface area contributed by atoms with E-state index in [1.807, 2.05) is 48.5 Å². The minimum absolute atomic E-state index is 0.783. The van der Waals surface area contributed by atoms with Crippen LogP contribution in [0.1, 0.15) is 11.1 Å². The summed E-state index contributed by atoms with van der Waals surface area (Å²) < 4.78 is 0. The molecule has 0 unspecified atom stereocenters. The first-order chi connectivity index (χ1) is 8.24. The van der Waals surface area contributed by atoms with Gasteiger partial charge in [0, 0.05) is 0 Å². The van der Waals surface area contributed by atoms with E-state index in [-0.39, 0.29) is 0 Å². The van der Waals surface area contributed by atoms with Gasteiger partial charge in [-0.25, -0.2) is 4.90 Å². The SMILES string of the molecule is [CH2]c1ccccc1N(C#N)c1ccccc1[CH2]. The van der Waals surface area contributed by atoms with Crippen LogP contribution >= 0.6 is 0 Å². The third kappa shape index (κ3) is 2.14. The van der Waals surface area contributed by atoms with Gasteiger partial charge in [0.15, 0.2) is 6.19 Å². The first kappa shape index (κ1) is 11.2. The summed E-state index contributed by atoms with van der Waals surface area (Å²) in [5.41, 5.74) is 3.20. The van der Waals surface area contributed by atoms with Gasteiger partial charge in [0.05, 0.1) is 11.4 Å². The molecule has 0 aliphatic rings. The number of rotatable bonds is 2. The number of benzene rings is 2. The number of nitriles is 1. The second kappa shape index (κ2) is 4.71. The molecule has 0 fully saturated rings. The summed E-state index contributed by atoms with van der Waals surface area (Å²) in [5, 5.41) is 9.30. The minimum Gasteiger partial charge on any atom is -0.247 e. The Kier molecular flexibility index (Phi) is 3.11. The Labute approximate surface area is 102 Å². The van der Waals surface area contributed by atoms with Gasteiger partial charge in [-0.1, -0.05) is 36.4 Å². The molecule has 2 radical (unpaired) electrons. The van der Waals surface area contributed by atoms with E-state index in [1.54, 1.807) is 4.90 Å². The molecule has 0 N–H and O–H groups in total. The Hall–Kier alpha value is -2.27. The molecule has 0 heterocycles. The summed E-state index contributed by atoms with van der Waals surface area (Å²) in [6.45, 7) is 7.86. The van der Waals surface area contributed by atoms with Gasteiger partial charge in [-0.05, 0) is 37.1 Å². The van der Waals surface area contributed by atoms with Crippen LogP contribution < -0.4 is 4.90 Å². The molecule has 2 heteroatoms. The molecular formula is C15H12N2. The number of anilines is 2. The normalized spacial score (nSPS) is 9.71. The van der Waals surface area contributed by atoms with Crippen molar-refractivity contribution >= 4 is 11.4 Å². The Bertz CT molecular complexity index is 522. The number of hydrogen-bond acceptors (Lipinski definition) is 2. The highest BCUT2D eigenvalue weighted by Gasteiger charge is 2.12. The smallest absolute Gasteiger partial charge is 0.189 e. The first-order valence-electron chi connectivity index (χ1n) is 5.26. The maximum atomic E-state index is 9.30. The van der Waals surface area contributed by atoms with Crippen LogP contribution in [-0.2, 0) is 0 Å². The molecule has 2 aromatic carbocycles. The molecule has 17 heavy (non-hydrogen) atoms. The highest BCUT2D eigenvalue weighted by Crippen LogP contribution is 2.29. The molecule has 2 rings (SSSR count). The fourth-order valence-electron chi connectivity index (χ4n) is 1.70. The standard InChI is InChI=1S/C15H12N2/c1-12-7-3-5-9-14(12)17(11-16)15-10-6-4-8-13(15)2/h3-10H,1-2H2. The lowest BCUT2D eigenvalue weighted by atomic mass is 10.1. The largest absolute Gasteiger partial charge is 0.247 e. The zero-order valence-electron chi connectivity index (χ0n) is 9.43. The molecule has 2 nitrogen and oxygen atoms in total. The third-order valence-corrected chi connectivity index (χ3v) is 2.57. The number of para-hydroxylation sites is 2. The molecule has 82 valence electrons. The average Bonchev–Trinajstić information content (AvgIpc) is 2.34. The molecule has 0 bridgehead atoms. The van der Waals surface area contributed by atoms with Gasteiger partial charge in [-0.3, -0.25) is 0 Å².